The van der Waals surface area contributed by atoms with E-state index in [1.165, 1.54) is 5.56 Å². The van der Waals surface area contributed by atoms with Gasteiger partial charge in [-0.3, -0.25) is 9.69 Å². The molecule has 1 fully saturated rings. The summed E-state index contributed by atoms with van der Waals surface area (Å²) in [5.74, 6) is 0. The molecular formula is C15H19N3O. The first kappa shape index (κ1) is 13.6. The van der Waals surface area contributed by atoms with Gasteiger partial charge in [0.25, 0.3) is 0 Å². The van der Waals surface area contributed by atoms with Crippen LogP contribution in [0.5, 0.6) is 0 Å². The normalized spacial score (nSPS) is 16.8. The number of rotatable bonds is 4. The average molecular weight is 257 g/mol. The van der Waals surface area contributed by atoms with Crippen LogP contribution in [-0.4, -0.2) is 42.4 Å². The molecule has 0 unspecified atom stereocenters. The molecule has 0 aromatic heterocycles. The molecule has 4 heteroatoms. The Balaban J connectivity index is 1.85. The van der Waals surface area contributed by atoms with Gasteiger partial charge in [0.1, 0.15) is 0 Å². The molecule has 1 aliphatic heterocycles. The molecule has 19 heavy (non-hydrogen) atoms. The maximum Gasteiger partial charge on any atom is 0.209 e. The number of likely N-dealkylation sites (tertiary alicyclic amines) is 1. The van der Waals surface area contributed by atoms with Crippen molar-refractivity contribution in [2.24, 2.45) is 0 Å². The van der Waals surface area contributed by atoms with Crippen LogP contribution in [0.4, 0.5) is 0 Å². The van der Waals surface area contributed by atoms with Crippen molar-refractivity contribution in [3.8, 4) is 6.07 Å². The number of carbonyl (C=O) groups is 1. The fourth-order valence-corrected chi connectivity index (χ4v) is 2.51. The van der Waals surface area contributed by atoms with Crippen LogP contribution in [0, 0.1) is 11.3 Å². The van der Waals surface area contributed by atoms with Gasteiger partial charge in [0.2, 0.25) is 6.41 Å². The molecule has 1 amide bonds. The summed E-state index contributed by atoms with van der Waals surface area (Å²) in [6.45, 7) is 2.95. The first-order chi connectivity index (χ1) is 9.22. The number of nitriles is 1. The summed E-state index contributed by atoms with van der Waals surface area (Å²) in [5, 5.41) is 8.76. The van der Waals surface area contributed by atoms with Gasteiger partial charge in [0, 0.05) is 32.7 Å². The van der Waals surface area contributed by atoms with E-state index in [-0.39, 0.29) is 0 Å². The van der Waals surface area contributed by atoms with Crippen molar-refractivity contribution in [1.29, 1.82) is 5.26 Å². The van der Waals surface area contributed by atoms with Gasteiger partial charge in [-0.1, -0.05) is 12.1 Å². The third-order valence-electron chi connectivity index (χ3n) is 3.79. The van der Waals surface area contributed by atoms with E-state index in [1.54, 1.807) is 4.90 Å². The highest BCUT2D eigenvalue weighted by atomic mass is 16.1. The summed E-state index contributed by atoms with van der Waals surface area (Å²) in [5.41, 5.74) is 1.94. The number of piperidine rings is 1. The van der Waals surface area contributed by atoms with E-state index >= 15 is 0 Å². The molecule has 2 rings (SSSR count). The predicted octanol–water partition coefficient (Wildman–Crippen LogP) is 1.61. The highest BCUT2D eigenvalue weighted by molar-refractivity contribution is 5.47. The minimum atomic E-state index is 0.384. The molecule has 1 aromatic rings. The highest BCUT2D eigenvalue weighted by Gasteiger charge is 2.21. The molecule has 0 aliphatic carbocycles. The molecule has 0 N–H and O–H groups in total. The number of carbonyl (C=O) groups excluding carboxylic acids is 1. The molecule has 1 heterocycles. The van der Waals surface area contributed by atoms with Crippen LogP contribution in [-0.2, 0) is 11.3 Å². The number of benzene rings is 1. The monoisotopic (exact) mass is 257 g/mol. The van der Waals surface area contributed by atoms with Crippen LogP contribution < -0.4 is 0 Å². The van der Waals surface area contributed by atoms with Crippen molar-refractivity contribution < 1.29 is 4.79 Å². The molecule has 0 spiro atoms. The lowest BCUT2D eigenvalue weighted by Gasteiger charge is -2.35. The molecule has 1 aromatic carbocycles. The first-order valence-corrected chi connectivity index (χ1v) is 6.61. The Morgan fingerprint density at radius 1 is 1.37 bits per heavy atom. The van der Waals surface area contributed by atoms with Crippen molar-refractivity contribution in [3.05, 3.63) is 35.4 Å². The van der Waals surface area contributed by atoms with Crippen molar-refractivity contribution in [2.45, 2.75) is 25.4 Å². The molecule has 0 saturated carbocycles. The lowest BCUT2D eigenvalue weighted by atomic mass is 10.0. The quantitative estimate of drug-likeness (QED) is 0.770. The summed E-state index contributed by atoms with van der Waals surface area (Å²) >= 11 is 0. The van der Waals surface area contributed by atoms with E-state index in [0.29, 0.717) is 11.6 Å². The van der Waals surface area contributed by atoms with Crippen molar-refractivity contribution in [3.63, 3.8) is 0 Å². The second-order valence-corrected chi connectivity index (χ2v) is 5.09. The van der Waals surface area contributed by atoms with E-state index in [9.17, 15) is 4.79 Å². The molecule has 1 saturated heterocycles. The topological polar surface area (TPSA) is 47.3 Å². The third-order valence-corrected chi connectivity index (χ3v) is 3.79. The number of nitrogens with zero attached hydrogens (tertiary/aromatic N) is 3. The Hall–Kier alpha value is -1.86. The highest BCUT2D eigenvalue weighted by Crippen LogP contribution is 2.16. The van der Waals surface area contributed by atoms with Crippen molar-refractivity contribution in [2.75, 3.05) is 20.1 Å². The number of hydrogen-bond donors (Lipinski definition) is 0. The maximum absolute atomic E-state index is 10.7. The summed E-state index contributed by atoms with van der Waals surface area (Å²) in [6, 6.07) is 10.3. The zero-order valence-corrected chi connectivity index (χ0v) is 11.2. The van der Waals surface area contributed by atoms with Crippen molar-refractivity contribution in [1.82, 2.24) is 9.80 Å². The van der Waals surface area contributed by atoms with Crippen LogP contribution in [0.25, 0.3) is 0 Å². The fraction of sp³-hybridized carbons (Fsp3) is 0.467. The zero-order valence-electron chi connectivity index (χ0n) is 11.2. The van der Waals surface area contributed by atoms with E-state index in [2.05, 4.69) is 11.0 Å². The van der Waals surface area contributed by atoms with Gasteiger partial charge in [-0.05, 0) is 30.5 Å². The van der Waals surface area contributed by atoms with E-state index in [0.717, 1.165) is 38.9 Å². The second-order valence-electron chi connectivity index (χ2n) is 5.09. The fourth-order valence-electron chi connectivity index (χ4n) is 2.51. The standard InChI is InChI=1S/C15H19N3O/c1-17(12-19)15-6-8-18(9-7-15)11-14-4-2-13(10-16)3-5-14/h2-5,12,15H,6-9,11H2,1H3. The number of amides is 1. The van der Waals surface area contributed by atoms with Crippen LogP contribution >= 0.6 is 0 Å². The van der Waals surface area contributed by atoms with Gasteiger partial charge in [0.05, 0.1) is 11.6 Å². The van der Waals surface area contributed by atoms with E-state index in [1.807, 2.05) is 31.3 Å². The largest absolute Gasteiger partial charge is 0.345 e. The molecule has 0 atom stereocenters. The Labute approximate surface area is 114 Å². The molecule has 100 valence electrons. The predicted molar refractivity (Wildman–Crippen MR) is 73.3 cm³/mol. The molecule has 4 nitrogen and oxygen atoms in total. The smallest absolute Gasteiger partial charge is 0.209 e. The van der Waals surface area contributed by atoms with Gasteiger partial charge in [-0.25, -0.2) is 0 Å². The summed E-state index contributed by atoms with van der Waals surface area (Å²) in [4.78, 5) is 14.9. The van der Waals surface area contributed by atoms with Crippen molar-refractivity contribution >= 4 is 6.41 Å². The molecule has 1 aliphatic rings. The summed E-state index contributed by atoms with van der Waals surface area (Å²) < 4.78 is 0. The zero-order chi connectivity index (χ0) is 13.7. The van der Waals surface area contributed by atoms with Gasteiger partial charge in [-0.15, -0.1) is 0 Å². The lowest BCUT2D eigenvalue weighted by molar-refractivity contribution is -0.119. The lowest BCUT2D eigenvalue weighted by Crippen LogP contribution is -2.42. The first-order valence-electron chi connectivity index (χ1n) is 6.61. The van der Waals surface area contributed by atoms with E-state index in [4.69, 9.17) is 5.26 Å². The Morgan fingerprint density at radius 2 is 2.00 bits per heavy atom. The SMILES string of the molecule is CN(C=O)C1CCN(Cc2ccc(C#N)cc2)CC1. The average Bonchev–Trinajstić information content (AvgIpc) is 2.48. The summed E-state index contributed by atoms with van der Waals surface area (Å²) in [7, 11) is 1.86. The van der Waals surface area contributed by atoms with Crippen LogP contribution in [0.15, 0.2) is 24.3 Å². The summed E-state index contributed by atoms with van der Waals surface area (Å²) in [6.07, 6.45) is 2.98. The minimum Gasteiger partial charge on any atom is -0.345 e. The second kappa shape index (κ2) is 6.35. The molecular weight excluding hydrogens is 238 g/mol. The van der Waals surface area contributed by atoms with Gasteiger partial charge in [0.15, 0.2) is 0 Å². The van der Waals surface area contributed by atoms with Crippen LogP contribution in [0.1, 0.15) is 24.0 Å². The minimum absolute atomic E-state index is 0.384. The van der Waals surface area contributed by atoms with Gasteiger partial charge >= 0.3 is 0 Å². The number of hydrogen-bond acceptors (Lipinski definition) is 3. The van der Waals surface area contributed by atoms with Crippen LogP contribution in [0.2, 0.25) is 0 Å². The van der Waals surface area contributed by atoms with Gasteiger partial charge < -0.3 is 4.90 Å². The van der Waals surface area contributed by atoms with E-state index < -0.39 is 0 Å². The third kappa shape index (κ3) is 3.55. The Morgan fingerprint density at radius 3 is 2.53 bits per heavy atom. The van der Waals surface area contributed by atoms with Gasteiger partial charge in [-0.2, -0.15) is 5.26 Å². The molecule has 0 bridgehead atoms. The molecule has 0 radical (unpaired) electrons. The van der Waals surface area contributed by atoms with Crippen LogP contribution in [0.3, 0.4) is 0 Å². The maximum atomic E-state index is 10.7. The Kier molecular flexibility index (Phi) is 4.53. The Bertz CT molecular complexity index is 455.